The Hall–Kier alpha value is -3.29. The number of nitrogens with zero attached hydrogens (tertiary/aromatic N) is 2. The Kier molecular flexibility index (Phi) is 6.54. The topological polar surface area (TPSA) is 77.2 Å². The van der Waals surface area contributed by atoms with Crippen LogP contribution < -0.4 is 10.1 Å². The second-order valence-corrected chi connectivity index (χ2v) is 6.62. The van der Waals surface area contributed by atoms with Crippen molar-refractivity contribution in [3.63, 3.8) is 0 Å². The molecule has 0 aliphatic carbocycles. The zero-order valence-corrected chi connectivity index (χ0v) is 16.1. The average Bonchev–Trinajstić information content (AvgIpc) is 3.15. The Morgan fingerprint density at radius 1 is 1.21 bits per heavy atom. The van der Waals surface area contributed by atoms with E-state index >= 15 is 0 Å². The molecule has 8 heteroatoms. The number of ether oxygens (including phenoxy) is 1. The minimum atomic E-state index is -2.89. The van der Waals surface area contributed by atoms with Crippen LogP contribution in [0.4, 0.5) is 8.78 Å². The first-order chi connectivity index (χ1) is 13.9. The number of carbonyl (C=O) groups excluding carboxylic acids is 1. The lowest BCUT2D eigenvalue weighted by Crippen LogP contribution is -2.26. The molecule has 0 bridgehead atoms. The molecule has 2 aromatic carbocycles. The third kappa shape index (κ3) is 5.84. The minimum Gasteiger partial charge on any atom is -0.435 e. The predicted octanol–water partition coefficient (Wildman–Crippen LogP) is 4.46. The summed E-state index contributed by atoms with van der Waals surface area (Å²) in [5.41, 5.74) is 2.64. The molecule has 0 saturated carbocycles. The Morgan fingerprint density at radius 3 is 2.69 bits per heavy atom. The van der Waals surface area contributed by atoms with E-state index in [2.05, 4.69) is 20.2 Å². The maximum Gasteiger partial charge on any atom is 0.387 e. The van der Waals surface area contributed by atoms with Crippen molar-refractivity contribution in [2.24, 2.45) is 0 Å². The number of halogens is 2. The van der Waals surface area contributed by atoms with Crippen molar-refractivity contribution in [3.8, 4) is 17.1 Å². The maximum atomic E-state index is 12.3. The summed E-state index contributed by atoms with van der Waals surface area (Å²) in [4.78, 5) is 16.5. The molecule has 1 aromatic heterocycles. The van der Waals surface area contributed by atoms with Crippen molar-refractivity contribution in [1.29, 1.82) is 0 Å². The van der Waals surface area contributed by atoms with Gasteiger partial charge in [-0.15, -0.1) is 0 Å². The molecule has 1 heterocycles. The molecule has 1 unspecified atom stereocenters. The molecule has 1 amide bonds. The number of amides is 1. The van der Waals surface area contributed by atoms with Gasteiger partial charge in [-0.25, -0.2) is 0 Å². The zero-order valence-electron chi connectivity index (χ0n) is 16.1. The van der Waals surface area contributed by atoms with Crippen LogP contribution in [0.25, 0.3) is 11.4 Å². The molecule has 3 rings (SSSR count). The Bertz CT molecular complexity index is 958. The summed E-state index contributed by atoms with van der Waals surface area (Å²) >= 11 is 0. The maximum absolute atomic E-state index is 12.3. The van der Waals surface area contributed by atoms with Crippen molar-refractivity contribution in [1.82, 2.24) is 15.5 Å². The van der Waals surface area contributed by atoms with Crippen molar-refractivity contribution >= 4 is 5.91 Å². The fourth-order valence-corrected chi connectivity index (χ4v) is 2.75. The van der Waals surface area contributed by atoms with Gasteiger partial charge in [0, 0.05) is 18.4 Å². The van der Waals surface area contributed by atoms with E-state index in [-0.39, 0.29) is 24.1 Å². The quantitative estimate of drug-likeness (QED) is 0.603. The standard InChI is InChI=1S/C21H21F2N3O3/c1-13-6-8-15(9-7-13)20-25-19(29-26-20)11-10-18(27)24-14(2)16-4-3-5-17(12-16)28-21(22)23/h3-9,12,14,21H,10-11H2,1-2H3,(H,24,27). The highest BCUT2D eigenvalue weighted by Crippen LogP contribution is 2.21. The van der Waals surface area contributed by atoms with Crippen LogP contribution in [0.15, 0.2) is 53.1 Å². The van der Waals surface area contributed by atoms with Crippen molar-refractivity contribution in [2.45, 2.75) is 39.3 Å². The smallest absolute Gasteiger partial charge is 0.387 e. The van der Waals surface area contributed by atoms with Crippen molar-refractivity contribution < 1.29 is 22.8 Å². The molecule has 1 N–H and O–H groups in total. The molecule has 6 nitrogen and oxygen atoms in total. The second-order valence-electron chi connectivity index (χ2n) is 6.62. The van der Waals surface area contributed by atoms with E-state index in [1.54, 1.807) is 19.1 Å². The Balaban J connectivity index is 1.53. The first-order valence-electron chi connectivity index (χ1n) is 9.14. The highest BCUT2D eigenvalue weighted by atomic mass is 19.3. The summed E-state index contributed by atoms with van der Waals surface area (Å²) in [6, 6.07) is 13.6. The van der Waals surface area contributed by atoms with E-state index in [1.165, 1.54) is 12.1 Å². The number of carbonyl (C=O) groups is 1. The fraction of sp³-hybridized carbons (Fsp3) is 0.286. The van der Waals surface area contributed by atoms with Crippen LogP contribution in [0.2, 0.25) is 0 Å². The minimum absolute atomic E-state index is 0.0492. The first-order valence-corrected chi connectivity index (χ1v) is 9.14. The van der Waals surface area contributed by atoms with Crippen LogP contribution >= 0.6 is 0 Å². The second kappa shape index (κ2) is 9.27. The number of alkyl halides is 2. The van der Waals surface area contributed by atoms with Crippen LogP contribution in [0.5, 0.6) is 5.75 Å². The van der Waals surface area contributed by atoms with Gasteiger partial charge < -0.3 is 14.6 Å². The molecular weight excluding hydrogens is 380 g/mol. The van der Waals surface area contributed by atoms with Gasteiger partial charge in [-0.1, -0.05) is 47.1 Å². The number of aromatic nitrogens is 2. The SMILES string of the molecule is Cc1ccc(-c2noc(CCC(=O)NC(C)c3cccc(OC(F)F)c3)n2)cc1. The Morgan fingerprint density at radius 2 is 1.97 bits per heavy atom. The van der Waals surface area contributed by atoms with E-state index in [9.17, 15) is 13.6 Å². The van der Waals surface area contributed by atoms with E-state index in [0.717, 1.165) is 11.1 Å². The van der Waals surface area contributed by atoms with Crippen molar-refractivity contribution in [3.05, 3.63) is 65.5 Å². The fourth-order valence-electron chi connectivity index (χ4n) is 2.75. The number of nitrogens with one attached hydrogen (secondary N) is 1. The molecule has 152 valence electrons. The first kappa shape index (κ1) is 20.4. The van der Waals surface area contributed by atoms with Gasteiger partial charge in [0.15, 0.2) is 0 Å². The third-order valence-electron chi connectivity index (χ3n) is 4.30. The van der Waals surface area contributed by atoms with Crippen LogP contribution in [-0.2, 0) is 11.2 Å². The number of rotatable bonds is 8. The highest BCUT2D eigenvalue weighted by Gasteiger charge is 2.14. The number of aryl methyl sites for hydroxylation is 2. The summed E-state index contributed by atoms with van der Waals surface area (Å²) in [6.07, 6.45) is 0.457. The largest absolute Gasteiger partial charge is 0.435 e. The monoisotopic (exact) mass is 401 g/mol. The number of hydrogen-bond donors (Lipinski definition) is 1. The number of benzene rings is 2. The van der Waals surface area contributed by atoms with Crippen molar-refractivity contribution in [2.75, 3.05) is 0 Å². The van der Waals surface area contributed by atoms with E-state index in [1.807, 2.05) is 31.2 Å². The lowest BCUT2D eigenvalue weighted by atomic mass is 10.1. The summed E-state index contributed by atoms with van der Waals surface area (Å²) in [7, 11) is 0. The van der Waals surface area contributed by atoms with Gasteiger partial charge in [0.25, 0.3) is 0 Å². The number of hydrogen-bond acceptors (Lipinski definition) is 5. The average molecular weight is 401 g/mol. The normalized spacial score (nSPS) is 12.0. The molecular formula is C21H21F2N3O3. The molecule has 0 aliphatic heterocycles. The van der Waals surface area contributed by atoms with Gasteiger partial charge in [-0.05, 0) is 31.5 Å². The van der Waals surface area contributed by atoms with Crippen LogP contribution in [0, 0.1) is 6.92 Å². The van der Waals surface area contributed by atoms with Gasteiger partial charge >= 0.3 is 6.61 Å². The lowest BCUT2D eigenvalue weighted by Gasteiger charge is -2.15. The van der Waals surface area contributed by atoms with Crippen LogP contribution in [-0.4, -0.2) is 22.7 Å². The van der Waals surface area contributed by atoms with Gasteiger partial charge in [0.2, 0.25) is 17.6 Å². The lowest BCUT2D eigenvalue weighted by molar-refractivity contribution is -0.121. The van der Waals surface area contributed by atoms with Gasteiger partial charge in [0.1, 0.15) is 5.75 Å². The van der Waals surface area contributed by atoms with Crippen LogP contribution in [0.1, 0.15) is 36.4 Å². The molecule has 3 aromatic rings. The highest BCUT2D eigenvalue weighted by molar-refractivity contribution is 5.76. The Labute approximate surface area is 166 Å². The van der Waals surface area contributed by atoms with Gasteiger partial charge in [-0.3, -0.25) is 4.79 Å². The molecule has 0 radical (unpaired) electrons. The van der Waals surface area contributed by atoms with Crippen LogP contribution in [0.3, 0.4) is 0 Å². The summed E-state index contributed by atoms with van der Waals surface area (Å²) < 4.78 is 34.3. The van der Waals surface area contributed by atoms with E-state index in [0.29, 0.717) is 23.7 Å². The molecule has 1 atom stereocenters. The summed E-state index contributed by atoms with van der Waals surface area (Å²) in [5, 5.41) is 6.76. The zero-order chi connectivity index (χ0) is 20.8. The molecule has 29 heavy (non-hydrogen) atoms. The third-order valence-corrected chi connectivity index (χ3v) is 4.30. The van der Waals surface area contributed by atoms with Gasteiger partial charge in [0.05, 0.1) is 6.04 Å². The predicted molar refractivity (Wildman–Crippen MR) is 102 cm³/mol. The summed E-state index contributed by atoms with van der Waals surface area (Å²) in [6.45, 7) is 0.865. The molecule has 0 fully saturated rings. The molecule has 0 spiro atoms. The summed E-state index contributed by atoms with van der Waals surface area (Å²) in [5.74, 6) is 0.682. The van der Waals surface area contributed by atoms with E-state index in [4.69, 9.17) is 4.52 Å². The van der Waals surface area contributed by atoms with Gasteiger partial charge in [-0.2, -0.15) is 13.8 Å². The molecule has 0 saturated heterocycles. The van der Waals surface area contributed by atoms with E-state index < -0.39 is 6.61 Å². The molecule has 0 aliphatic rings.